The van der Waals surface area contributed by atoms with Gasteiger partial charge in [0.05, 0.1) is 6.04 Å². The van der Waals surface area contributed by atoms with Crippen molar-refractivity contribution in [1.82, 2.24) is 10.2 Å². The van der Waals surface area contributed by atoms with Crippen molar-refractivity contribution in [1.29, 1.82) is 0 Å². The van der Waals surface area contributed by atoms with Gasteiger partial charge in [-0.2, -0.15) is 0 Å². The summed E-state index contributed by atoms with van der Waals surface area (Å²) in [6.45, 7) is 5.92. The van der Waals surface area contributed by atoms with Gasteiger partial charge in [-0.3, -0.25) is 9.59 Å². The fourth-order valence-corrected chi connectivity index (χ4v) is 4.46. The van der Waals surface area contributed by atoms with Crippen LogP contribution in [0, 0.1) is 5.92 Å². The van der Waals surface area contributed by atoms with Crippen molar-refractivity contribution >= 4 is 11.8 Å². The number of amides is 2. The molecule has 1 N–H and O–H groups in total. The smallest absolute Gasteiger partial charge is 0.243 e. The van der Waals surface area contributed by atoms with Crippen LogP contribution >= 0.6 is 0 Å². The largest absolute Gasteiger partial charge is 0.343 e. The second-order valence-electron chi connectivity index (χ2n) is 8.41. The maximum absolute atomic E-state index is 13.2. The van der Waals surface area contributed by atoms with E-state index in [4.69, 9.17) is 0 Å². The molecule has 2 fully saturated rings. The Kier molecular flexibility index (Phi) is 4.96. The lowest BCUT2D eigenvalue weighted by molar-refractivity contribution is -0.138. The van der Waals surface area contributed by atoms with Crippen molar-refractivity contribution in [2.45, 2.75) is 57.7 Å². The third-order valence-corrected chi connectivity index (χ3v) is 6.13. The van der Waals surface area contributed by atoms with Crippen LogP contribution in [0.4, 0.5) is 0 Å². The third-order valence-electron chi connectivity index (χ3n) is 6.13. The van der Waals surface area contributed by atoms with Crippen LogP contribution < -0.4 is 5.32 Å². The predicted octanol–water partition coefficient (Wildman–Crippen LogP) is 4.02. The second-order valence-corrected chi connectivity index (χ2v) is 8.41. The molecule has 4 nitrogen and oxygen atoms in total. The number of fused-ring (bicyclic) bond motifs is 1. The number of piperidine rings is 1. The van der Waals surface area contributed by atoms with Crippen LogP contribution in [0.25, 0.3) is 0 Å². The maximum Gasteiger partial charge on any atom is 0.243 e. The van der Waals surface area contributed by atoms with Crippen molar-refractivity contribution in [2.75, 3.05) is 0 Å². The summed E-state index contributed by atoms with van der Waals surface area (Å²) in [5.41, 5.74) is 3.38. The van der Waals surface area contributed by atoms with Crippen LogP contribution in [0.2, 0.25) is 0 Å². The summed E-state index contributed by atoms with van der Waals surface area (Å²) >= 11 is 0. The average molecular weight is 377 g/mol. The lowest BCUT2D eigenvalue weighted by Gasteiger charge is -2.28. The van der Waals surface area contributed by atoms with E-state index in [0.717, 1.165) is 24.0 Å². The van der Waals surface area contributed by atoms with Crippen LogP contribution in [0.3, 0.4) is 0 Å². The molecule has 2 aromatic carbocycles. The summed E-state index contributed by atoms with van der Waals surface area (Å²) in [5, 5.41) is 3.23. The van der Waals surface area contributed by atoms with E-state index < -0.39 is 0 Å². The molecule has 0 aromatic heterocycles. The fraction of sp³-hybridized carbons (Fsp3) is 0.417. The number of hydrogen-bond donors (Lipinski definition) is 1. The Morgan fingerprint density at radius 3 is 2.14 bits per heavy atom. The van der Waals surface area contributed by atoms with E-state index in [9.17, 15) is 9.59 Å². The summed E-state index contributed by atoms with van der Waals surface area (Å²) in [5.74, 6) is 0.917. The van der Waals surface area contributed by atoms with E-state index in [0.29, 0.717) is 11.8 Å². The fourth-order valence-electron chi connectivity index (χ4n) is 4.46. The summed E-state index contributed by atoms with van der Waals surface area (Å²) in [4.78, 5) is 27.0. The maximum atomic E-state index is 13.2. The number of rotatable bonds is 5. The Morgan fingerprint density at radius 2 is 1.54 bits per heavy atom. The topological polar surface area (TPSA) is 49.4 Å². The van der Waals surface area contributed by atoms with Crippen LogP contribution in [-0.2, 0) is 9.59 Å². The summed E-state index contributed by atoms with van der Waals surface area (Å²) < 4.78 is 0. The molecule has 1 heterocycles. The Bertz CT molecular complexity index is 860. The van der Waals surface area contributed by atoms with Crippen LogP contribution in [0.5, 0.6) is 0 Å². The zero-order valence-corrected chi connectivity index (χ0v) is 16.8. The molecule has 1 unspecified atom stereocenters. The number of likely N-dealkylation sites (tertiary alicyclic amines) is 1. The molecule has 0 spiro atoms. The first-order valence-corrected chi connectivity index (χ1v) is 10.2. The van der Waals surface area contributed by atoms with Gasteiger partial charge in [0.1, 0.15) is 6.04 Å². The molecule has 28 heavy (non-hydrogen) atoms. The van der Waals surface area contributed by atoms with Crippen LogP contribution in [0.1, 0.15) is 62.3 Å². The van der Waals surface area contributed by atoms with Gasteiger partial charge < -0.3 is 10.2 Å². The molecule has 146 valence electrons. The van der Waals surface area contributed by atoms with Crippen molar-refractivity contribution in [3.8, 4) is 0 Å². The van der Waals surface area contributed by atoms with Crippen molar-refractivity contribution in [3.63, 3.8) is 0 Å². The Balaban J connectivity index is 1.59. The van der Waals surface area contributed by atoms with Gasteiger partial charge in [0.25, 0.3) is 0 Å². The van der Waals surface area contributed by atoms with E-state index in [1.807, 2.05) is 30.3 Å². The first-order valence-electron chi connectivity index (χ1n) is 10.2. The van der Waals surface area contributed by atoms with Gasteiger partial charge in [-0.1, -0.05) is 68.4 Å². The monoisotopic (exact) mass is 376 g/mol. The zero-order valence-electron chi connectivity index (χ0n) is 16.8. The van der Waals surface area contributed by atoms with Gasteiger partial charge in [-0.25, -0.2) is 0 Å². The van der Waals surface area contributed by atoms with Crippen LogP contribution in [0.15, 0.2) is 54.6 Å². The van der Waals surface area contributed by atoms with Gasteiger partial charge in [-0.05, 0) is 41.4 Å². The Labute approximate surface area is 166 Å². The predicted molar refractivity (Wildman–Crippen MR) is 110 cm³/mol. The van der Waals surface area contributed by atoms with Crippen molar-refractivity contribution < 1.29 is 9.59 Å². The molecule has 4 rings (SSSR count). The SMILES string of the molecule is CC(=O)N1C2C[C@@H]2C[C@H]1C(=O)N[C@@H](c1ccccc1)c1ccc(C(C)C)cc1. The number of hydrogen-bond acceptors (Lipinski definition) is 2. The minimum atomic E-state index is -0.345. The highest BCUT2D eigenvalue weighted by Gasteiger charge is 2.55. The molecule has 1 aliphatic heterocycles. The average Bonchev–Trinajstić information content (AvgIpc) is 3.35. The molecule has 2 aliphatic rings. The van der Waals surface area contributed by atoms with Gasteiger partial charge in [0.15, 0.2) is 0 Å². The van der Waals surface area contributed by atoms with Gasteiger partial charge in [0.2, 0.25) is 11.8 Å². The second kappa shape index (κ2) is 7.42. The zero-order chi connectivity index (χ0) is 19.8. The van der Waals surface area contributed by atoms with E-state index in [1.54, 1.807) is 11.8 Å². The molecule has 4 atom stereocenters. The molecule has 0 radical (unpaired) electrons. The van der Waals surface area contributed by atoms with E-state index in [-0.39, 0.29) is 29.9 Å². The number of nitrogens with zero attached hydrogens (tertiary/aromatic N) is 1. The molecule has 0 bridgehead atoms. The van der Waals surface area contributed by atoms with Crippen molar-refractivity contribution in [3.05, 3.63) is 71.3 Å². The highest BCUT2D eigenvalue weighted by atomic mass is 16.2. The lowest BCUT2D eigenvalue weighted by atomic mass is 9.95. The summed E-state index contributed by atoms with van der Waals surface area (Å²) in [6.07, 6.45) is 1.83. The quantitative estimate of drug-likeness (QED) is 0.857. The summed E-state index contributed by atoms with van der Waals surface area (Å²) in [7, 11) is 0. The number of carbonyl (C=O) groups is 2. The van der Waals surface area contributed by atoms with Crippen molar-refractivity contribution in [2.24, 2.45) is 5.92 Å². The number of nitrogens with one attached hydrogen (secondary N) is 1. The molecular weight excluding hydrogens is 348 g/mol. The molecular formula is C24H28N2O2. The normalized spacial score (nSPS) is 24.0. The minimum absolute atomic E-state index is 0.00250. The molecule has 1 aliphatic carbocycles. The summed E-state index contributed by atoms with van der Waals surface area (Å²) in [6, 6.07) is 18.2. The van der Waals surface area contributed by atoms with E-state index in [2.05, 4.69) is 43.4 Å². The molecule has 2 amide bonds. The lowest BCUT2D eigenvalue weighted by Crippen LogP contribution is -2.48. The standard InChI is InChI=1S/C24H28N2O2/c1-15(2)17-9-11-19(12-10-17)23(18-7-5-4-6-8-18)25-24(28)22-14-20-13-21(20)26(22)16(3)27/h4-12,15,20-23H,13-14H2,1-3H3,(H,25,28)/t20-,21?,22+,23+/m1/s1. The Hall–Kier alpha value is -2.62. The van der Waals surface area contributed by atoms with E-state index in [1.165, 1.54) is 5.56 Å². The number of benzene rings is 2. The first kappa shape index (κ1) is 18.7. The minimum Gasteiger partial charge on any atom is -0.343 e. The highest BCUT2D eigenvalue weighted by Crippen LogP contribution is 2.48. The van der Waals surface area contributed by atoms with Gasteiger partial charge >= 0.3 is 0 Å². The Morgan fingerprint density at radius 1 is 0.929 bits per heavy atom. The number of carbonyl (C=O) groups excluding carboxylic acids is 2. The molecule has 4 heteroatoms. The molecule has 1 saturated heterocycles. The van der Waals surface area contributed by atoms with Gasteiger partial charge in [-0.15, -0.1) is 0 Å². The van der Waals surface area contributed by atoms with Gasteiger partial charge in [0, 0.05) is 13.0 Å². The van der Waals surface area contributed by atoms with E-state index >= 15 is 0 Å². The molecule has 1 saturated carbocycles. The third kappa shape index (κ3) is 3.56. The molecule has 2 aromatic rings. The highest BCUT2D eigenvalue weighted by molar-refractivity contribution is 5.88. The first-order chi connectivity index (χ1) is 13.5. The van der Waals surface area contributed by atoms with Crippen LogP contribution in [-0.4, -0.2) is 28.8 Å².